The van der Waals surface area contributed by atoms with Crippen molar-refractivity contribution in [3.8, 4) is 156 Å². The first-order valence-electron chi connectivity index (χ1n) is 45.1. The fourth-order valence-corrected chi connectivity index (χ4v) is 21.9. The number of aromatic nitrogens is 6. The van der Waals surface area contributed by atoms with Gasteiger partial charge in [0.1, 0.15) is 12.7 Å². The second-order valence-electron chi connectivity index (χ2n) is 35.1. The average Bonchev–Trinajstić information content (AvgIpc) is 1.54. The molecule has 0 saturated heterocycles. The Kier molecular flexibility index (Phi) is 17.0. The molecule has 0 aliphatic heterocycles. The first kappa shape index (κ1) is 74.6. The summed E-state index contributed by atoms with van der Waals surface area (Å²) in [6.45, 7) is 0. The summed E-state index contributed by atoms with van der Waals surface area (Å²) in [6, 6.07) is 151. The molecule has 608 valence electrons. The second kappa shape index (κ2) is 30.0. The van der Waals surface area contributed by atoms with E-state index in [1.54, 1.807) is 0 Å². The molecule has 3 aliphatic rings. The summed E-state index contributed by atoms with van der Waals surface area (Å²) >= 11 is 0. The summed E-state index contributed by atoms with van der Waals surface area (Å²) in [4.78, 5) is 26.7. The third-order valence-electron chi connectivity index (χ3n) is 27.9. The first-order chi connectivity index (χ1) is 65.4. The number of hydrogen-bond donors (Lipinski definition) is 0. The standard InChI is InChI=1S/C49H29N.C39H23N3.C38H22N2/c1-2-9-31-24-32(17-16-30(31)8-1)33-18-19-35-26-36(21-20-34(35)25-33)37-27-38(29-50-28-37)39-22-23-46-47-42(39)14-7-15-45(47)48-43-12-5-3-10-40(43)41-11-4-6-13-44(41)49(46)48;1-2-5-34-33(4-1)36-7-3-6-35-32(16-17-37(34)38(35)36)30-14-12-26-18-24(8-10-28(26)20-30)25-9-11-29-21-31(15-13-27(29)19-25)39-41-22-40-23-42-39;1-3-10-29-26(8-1)27-9-2-4-11-30(27)38-33-17-16-28(31-12-5-13-32(36(31)33)37(29)38)35-22-25(18-20-40-35)24-15-14-23-7-6-19-39-34(23)21-24/h1-29H;1-23H;1-22H. The van der Waals surface area contributed by atoms with Gasteiger partial charge >= 0.3 is 0 Å². The Balaban J connectivity index is 0.000000102. The van der Waals surface area contributed by atoms with E-state index in [0.29, 0.717) is 5.82 Å². The highest BCUT2D eigenvalue weighted by atomic mass is 15.0. The van der Waals surface area contributed by atoms with Gasteiger partial charge in [-0.25, -0.2) is 15.0 Å². The van der Waals surface area contributed by atoms with Gasteiger partial charge in [-0.15, -0.1) is 0 Å². The highest BCUT2D eigenvalue weighted by molar-refractivity contribution is 6.33. The summed E-state index contributed by atoms with van der Waals surface area (Å²) in [5.41, 5.74) is 34.4. The Bertz CT molecular complexity index is 9270. The highest BCUT2D eigenvalue weighted by Gasteiger charge is 2.31. The van der Waals surface area contributed by atoms with Gasteiger partial charge in [0, 0.05) is 52.4 Å². The minimum absolute atomic E-state index is 0.687. The Morgan fingerprint density at radius 2 is 0.485 bits per heavy atom. The van der Waals surface area contributed by atoms with E-state index >= 15 is 0 Å². The molecule has 6 nitrogen and oxygen atoms in total. The van der Waals surface area contributed by atoms with Crippen LogP contribution in [-0.4, -0.2) is 29.9 Å². The first-order valence-corrected chi connectivity index (χ1v) is 45.1. The Hall–Kier alpha value is -17.6. The zero-order valence-corrected chi connectivity index (χ0v) is 71.4. The van der Waals surface area contributed by atoms with Crippen LogP contribution in [-0.2, 0) is 0 Å². The lowest BCUT2D eigenvalue weighted by Gasteiger charge is -2.13. The fourth-order valence-electron chi connectivity index (χ4n) is 21.9. The van der Waals surface area contributed by atoms with Crippen molar-refractivity contribution in [2.75, 3.05) is 0 Å². The van der Waals surface area contributed by atoms with Gasteiger partial charge in [0.15, 0.2) is 5.82 Å². The lowest BCUT2D eigenvalue weighted by atomic mass is 9.90. The normalized spacial score (nSPS) is 11.9. The smallest absolute Gasteiger partial charge is 0.162 e. The van der Waals surface area contributed by atoms with E-state index in [0.717, 1.165) is 55.4 Å². The summed E-state index contributed by atoms with van der Waals surface area (Å²) < 4.78 is 0. The molecule has 0 amide bonds. The van der Waals surface area contributed by atoms with Crippen molar-refractivity contribution in [3.05, 3.63) is 450 Å². The third kappa shape index (κ3) is 12.0. The van der Waals surface area contributed by atoms with Crippen LogP contribution in [0.4, 0.5) is 0 Å². The minimum Gasteiger partial charge on any atom is -0.263 e. The minimum atomic E-state index is 0.687. The molecule has 132 heavy (non-hydrogen) atoms. The van der Waals surface area contributed by atoms with Crippen LogP contribution in [0.2, 0.25) is 0 Å². The number of pyridine rings is 3. The van der Waals surface area contributed by atoms with E-state index in [4.69, 9.17) is 9.97 Å². The zero-order chi connectivity index (χ0) is 86.6. The number of benzene rings is 22. The second-order valence-corrected chi connectivity index (χ2v) is 35.1. The molecule has 29 rings (SSSR count). The number of rotatable bonds is 8. The summed E-state index contributed by atoms with van der Waals surface area (Å²) in [7, 11) is 0. The topological polar surface area (TPSA) is 77.3 Å². The lowest BCUT2D eigenvalue weighted by molar-refractivity contribution is 1.06. The van der Waals surface area contributed by atoms with E-state index in [2.05, 4.69) is 426 Å². The SMILES string of the molecule is c1ccc2c(c1)-c1cccc3c(-c4ccc5cc(-c6ccc7cc(-c8ncncn8)ccc7c6)ccc5c4)ccc-2c13.c1ccc2cc(-c3ccc4cc(-c5cncc(-c6ccc7c8c(cccc68)-c6c-7c7ccccc7c7ccccc67)c5)ccc4c3)ccc2c1.c1cnc2cc(-c3ccnc(-c4ccc5c6c(cccc46)-c4c-5c5ccccc5c5ccccc45)c3)ccc2c1. The van der Waals surface area contributed by atoms with Crippen molar-refractivity contribution in [1.82, 2.24) is 29.9 Å². The molecule has 0 saturated carbocycles. The Morgan fingerprint density at radius 1 is 0.152 bits per heavy atom. The zero-order valence-electron chi connectivity index (χ0n) is 71.4. The highest BCUT2D eigenvalue weighted by Crippen LogP contribution is 2.58. The maximum absolute atomic E-state index is 4.86. The van der Waals surface area contributed by atoms with E-state index in [1.807, 2.05) is 30.9 Å². The van der Waals surface area contributed by atoms with Crippen LogP contribution < -0.4 is 0 Å². The van der Waals surface area contributed by atoms with Crippen LogP contribution in [0.5, 0.6) is 0 Å². The molecule has 4 heterocycles. The van der Waals surface area contributed by atoms with E-state index in [9.17, 15) is 0 Å². The molecule has 0 spiro atoms. The Morgan fingerprint density at radius 3 is 1.02 bits per heavy atom. The van der Waals surface area contributed by atoms with E-state index in [1.165, 1.54) is 237 Å². The van der Waals surface area contributed by atoms with Gasteiger partial charge in [-0.2, -0.15) is 0 Å². The van der Waals surface area contributed by atoms with Gasteiger partial charge < -0.3 is 0 Å². The molecule has 0 atom stereocenters. The van der Waals surface area contributed by atoms with Crippen molar-refractivity contribution < 1.29 is 0 Å². The summed E-state index contributed by atoms with van der Waals surface area (Å²) in [5, 5.41) is 29.3. The molecule has 0 N–H and O–H groups in total. The van der Waals surface area contributed by atoms with E-state index in [-0.39, 0.29) is 0 Å². The van der Waals surface area contributed by atoms with Crippen LogP contribution in [0.1, 0.15) is 0 Å². The van der Waals surface area contributed by atoms with Crippen molar-refractivity contribution in [2.45, 2.75) is 0 Å². The van der Waals surface area contributed by atoms with Gasteiger partial charge in [-0.1, -0.05) is 340 Å². The molecule has 26 aromatic rings. The largest absolute Gasteiger partial charge is 0.263 e. The lowest BCUT2D eigenvalue weighted by Crippen LogP contribution is -1.89. The van der Waals surface area contributed by atoms with Gasteiger partial charge in [0.05, 0.1) is 11.2 Å². The summed E-state index contributed by atoms with van der Waals surface area (Å²) in [5.74, 6) is 0.687. The molecule has 6 heteroatoms. The molecule has 3 aliphatic carbocycles. The van der Waals surface area contributed by atoms with Gasteiger partial charge in [-0.05, 0) is 314 Å². The maximum Gasteiger partial charge on any atom is 0.162 e. The van der Waals surface area contributed by atoms with Gasteiger partial charge in [0.2, 0.25) is 0 Å². The van der Waals surface area contributed by atoms with Crippen molar-refractivity contribution in [1.29, 1.82) is 0 Å². The summed E-state index contributed by atoms with van der Waals surface area (Å²) in [6.07, 6.45) is 10.8. The van der Waals surface area contributed by atoms with Crippen molar-refractivity contribution >= 4 is 129 Å². The molecular formula is C126H74N6. The molecule has 0 unspecified atom stereocenters. The molecule has 4 aromatic heterocycles. The number of fused-ring (bicyclic) bond motifs is 24. The fraction of sp³-hybridized carbons (Fsp3) is 0. The monoisotopic (exact) mass is 1670 g/mol. The van der Waals surface area contributed by atoms with Crippen LogP contribution in [0.15, 0.2) is 450 Å². The van der Waals surface area contributed by atoms with Crippen LogP contribution >= 0.6 is 0 Å². The van der Waals surface area contributed by atoms with Crippen molar-refractivity contribution in [2.24, 2.45) is 0 Å². The van der Waals surface area contributed by atoms with Crippen LogP contribution in [0, 0.1) is 0 Å². The molecule has 0 fully saturated rings. The quantitative estimate of drug-likeness (QED) is 0.141. The van der Waals surface area contributed by atoms with Gasteiger partial charge in [0.25, 0.3) is 0 Å². The number of nitrogens with zero attached hydrogens (tertiary/aromatic N) is 6. The number of hydrogen-bond acceptors (Lipinski definition) is 6. The molecule has 0 radical (unpaired) electrons. The molecule has 0 bridgehead atoms. The van der Waals surface area contributed by atoms with Crippen molar-refractivity contribution in [3.63, 3.8) is 0 Å². The van der Waals surface area contributed by atoms with E-state index < -0.39 is 0 Å². The van der Waals surface area contributed by atoms with Crippen LogP contribution in [0.25, 0.3) is 286 Å². The third-order valence-corrected chi connectivity index (χ3v) is 27.9. The Labute approximate surface area is 760 Å². The van der Waals surface area contributed by atoms with Crippen LogP contribution in [0.3, 0.4) is 0 Å². The maximum atomic E-state index is 4.86. The van der Waals surface area contributed by atoms with Gasteiger partial charge in [-0.3, -0.25) is 15.0 Å². The predicted molar refractivity (Wildman–Crippen MR) is 553 cm³/mol. The molecular weight excluding hydrogens is 1600 g/mol. The molecule has 22 aromatic carbocycles. The predicted octanol–water partition coefficient (Wildman–Crippen LogP) is 33.5. The average molecular weight is 1670 g/mol.